The van der Waals surface area contributed by atoms with E-state index in [1.165, 1.54) is 0 Å². The van der Waals surface area contributed by atoms with Crippen molar-refractivity contribution in [2.45, 2.75) is 39.2 Å². The van der Waals surface area contributed by atoms with Crippen molar-refractivity contribution in [3.8, 4) is 0 Å². The van der Waals surface area contributed by atoms with E-state index in [1.54, 1.807) is 0 Å². The summed E-state index contributed by atoms with van der Waals surface area (Å²) >= 11 is 0. The fraction of sp³-hybridized carbons (Fsp3) is 0.476. The number of anilines is 1. The van der Waals surface area contributed by atoms with Crippen LogP contribution in [0.3, 0.4) is 0 Å². The molecule has 1 aliphatic heterocycles. The van der Waals surface area contributed by atoms with Gasteiger partial charge in [0.2, 0.25) is 5.91 Å². The number of imidazole rings is 1. The molecule has 1 atom stereocenters. The summed E-state index contributed by atoms with van der Waals surface area (Å²) in [4.78, 5) is 19.7. The van der Waals surface area contributed by atoms with Crippen molar-refractivity contribution in [3.05, 3.63) is 42.0 Å². The molecule has 7 heteroatoms. The first-order chi connectivity index (χ1) is 13.5. The molecular formula is C21H28N6O. The van der Waals surface area contributed by atoms with Crippen LogP contribution in [0.5, 0.6) is 0 Å². The molecular weight excluding hydrogens is 352 g/mol. The van der Waals surface area contributed by atoms with Crippen molar-refractivity contribution in [1.82, 2.24) is 24.2 Å². The minimum atomic E-state index is 0.0180. The number of aryl methyl sites for hydroxylation is 3. The Morgan fingerprint density at radius 2 is 2.14 bits per heavy atom. The Balaban J connectivity index is 1.42. The minimum Gasteiger partial charge on any atom is -0.331 e. The number of carbonyl (C=O) groups excluding carboxylic acids is 1. The van der Waals surface area contributed by atoms with Crippen LogP contribution >= 0.6 is 0 Å². The van der Waals surface area contributed by atoms with Crippen LogP contribution in [0.15, 0.2) is 30.5 Å². The second kappa shape index (κ2) is 7.75. The summed E-state index contributed by atoms with van der Waals surface area (Å²) in [6.45, 7) is 6.95. The molecule has 0 bridgehead atoms. The van der Waals surface area contributed by atoms with Gasteiger partial charge in [0.1, 0.15) is 5.82 Å². The summed E-state index contributed by atoms with van der Waals surface area (Å²) in [6.07, 6.45) is 4.08. The molecule has 28 heavy (non-hydrogen) atoms. The van der Waals surface area contributed by atoms with Crippen LogP contribution in [-0.2, 0) is 18.4 Å². The lowest BCUT2D eigenvalue weighted by Crippen LogP contribution is -2.40. The SMILES string of the molecule is CCn1cc(NC(=O)CN2CCC[C@H](c3nc4ccccc4n3C)C2)c(C)n1. The van der Waals surface area contributed by atoms with Gasteiger partial charge in [0.25, 0.3) is 0 Å². The summed E-state index contributed by atoms with van der Waals surface area (Å²) in [6, 6.07) is 8.25. The number of fused-ring (bicyclic) bond motifs is 1. The van der Waals surface area contributed by atoms with Crippen molar-refractivity contribution in [2.24, 2.45) is 7.05 Å². The van der Waals surface area contributed by atoms with E-state index in [4.69, 9.17) is 4.98 Å². The van der Waals surface area contributed by atoms with Gasteiger partial charge in [-0.3, -0.25) is 14.4 Å². The Morgan fingerprint density at radius 1 is 1.32 bits per heavy atom. The first-order valence-corrected chi connectivity index (χ1v) is 10.0. The summed E-state index contributed by atoms with van der Waals surface area (Å²) in [5.41, 5.74) is 3.86. The molecule has 148 valence electrons. The molecule has 1 saturated heterocycles. The molecule has 1 fully saturated rings. The first kappa shape index (κ1) is 18.7. The number of hydrogen-bond donors (Lipinski definition) is 1. The number of aromatic nitrogens is 4. The highest BCUT2D eigenvalue weighted by Crippen LogP contribution is 2.28. The molecule has 0 spiro atoms. The number of para-hydroxylation sites is 2. The van der Waals surface area contributed by atoms with Crippen LogP contribution in [0.1, 0.15) is 37.2 Å². The van der Waals surface area contributed by atoms with Crippen molar-refractivity contribution < 1.29 is 4.79 Å². The lowest BCUT2D eigenvalue weighted by Gasteiger charge is -2.31. The molecule has 1 aliphatic rings. The summed E-state index contributed by atoms with van der Waals surface area (Å²) < 4.78 is 4.04. The maximum Gasteiger partial charge on any atom is 0.238 e. The normalized spacial score (nSPS) is 17.9. The highest BCUT2D eigenvalue weighted by Gasteiger charge is 2.26. The Kier molecular flexibility index (Phi) is 5.17. The van der Waals surface area contributed by atoms with Crippen molar-refractivity contribution in [1.29, 1.82) is 0 Å². The van der Waals surface area contributed by atoms with Gasteiger partial charge >= 0.3 is 0 Å². The predicted octanol–water partition coefficient (Wildman–Crippen LogP) is 2.92. The van der Waals surface area contributed by atoms with Crippen LogP contribution in [0, 0.1) is 6.92 Å². The highest BCUT2D eigenvalue weighted by atomic mass is 16.2. The number of piperidine rings is 1. The molecule has 1 aromatic carbocycles. The highest BCUT2D eigenvalue weighted by molar-refractivity contribution is 5.92. The number of benzene rings is 1. The van der Waals surface area contributed by atoms with E-state index in [0.717, 1.165) is 60.7 Å². The average Bonchev–Trinajstić information content (AvgIpc) is 3.22. The molecule has 3 aromatic rings. The quantitative estimate of drug-likeness (QED) is 0.739. The fourth-order valence-electron chi connectivity index (χ4n) is 4.13. The fourth-order valence-corrected chi connectivity index (χ4v) is 4.13. The topological polar surface area (TPSA) is 68.0 Å². The Bertz CT molecular complexity index is 988. The zero-order valence-corrected chi connectivity index (χ0v) is 16.9. The molecule has 1 N–H and O–H groups in total. The van der Waals surface area contributed by atoms with E-state index in [-0.39, 0.29) is 5.91 Å². The number of hydrogen-bond acceptors (Lipinski definition) is 4. The monoisotopic (exact) mass is 380 g/mol. The van der Waals surface area contributed by atoms with Gasteiger partial charge in [-0.2, -0.15) is 5.10 Å². The van der Waals surface area contributed by atoms with Crippen molar-refractivity contribution in [3.63, 3.8) is 0 Å². The minimum absolute atomic E-state index is 0.0180. The molecule has 0 saturated carbocycles. The summed E-state index contributed by atoms with van der Waals surface area (Å²) in [5.74, 6) is 1.49. The van der Waals surface area contributed by atoms with E-state index in [1.807, 2.05) is 36.9 Å². The maximum atomic E-state index is 12.6. The van der Waals surface area contributed by atoms with Gasteiger partial charge in [0.05, 0.1) is 29.0 Å². The first-order valence-electron chi connectivity index (χ1n) is 10.0. The average molecular weight is 380 g/mol. The van der Waals surface area contributed by atoms with Gasteiger partial charge in [0.15, 0.2) is 0 Å². The zero-order valence-electron chi connectivity index (χ0n) is 16.9. The van der Waals surface area contributed by atoms with Gasteiger partial charge in [0, 0.05) is 32.3 Å². The molecule has 7 nitrogen and oxygen atoms in total. The van der Waals surface area contributed by atoms with E-state index in [0.29, 0.717) is 12.5 Å². The van der Waals surface area contributed by atoms with Gasteiger partial charge in [-0.15, -0.1) is 0 Å². The summed E-state index contributed by atoms with van der Waals surface area (Å²) in [7, 11) is 2.09. The Morgan fingerprint density at radius 3 is 2.89 bits per heavy atom. The third-order valence-electron chi connectivity index (χ3n) is 5.60. The molecule has 0 unspecified atom stereocenters. The van der Waals surface area contributed by atoms with Crippen molar-refractivity contribution >= 4 is 22.6 Å². The Hall–Kier alpha value is -2.67. The van der Waals surface area contributed by atoms with E-state index in [2.05, 4.69) is 39.1 Å². The van der Waals surface area contributed by atoms with Crippen molar-refractivity contribution in [2.75, 3.05) is 25.0 Å². The molecule has 3 heterocycles. The second-order valence-electron chi connectivity index (χ2n) is 7.62. The number of nitrogens with zero attached hydrogens (tertiary/aromatic N) is 5. The number of likely N-dealkylation sites (tertiary alicyclic amines) is 1. The van der Waals surface area contributed by atoms with Gasteiger partial charge < -0.3 is 9.88 Å². The largest absolute Gasteiger partial charge is 0.331 e. The Labute approximate surface area is 165 Å². The number of rotatable bonds is 5. The molecule has 4 rings (SSSR count). The van der Waals surface area contributed by atoms with Gasteiger partial charge in [-0.1, -0.05) is 12.1 Å². The van der Waals surface area contributed by atoms with Gasteiger partial charge in [-0.25, -0.2) is 4.98 Å². The molecule has 1 amide bonds. The molecule has 2 aromatic heterocycles. The number of amides is 1. The number of carbonyl (C=O) groups is 1. The van der Waals surface area contributed by atoms with Crippen LogP contribution in [0.25, 0.3) is 11.0 Å². The standard InChI is InChI=1S/C21H28N6O/c1-4-27-13-18(15(2)24-27)22-20(28)14-26-11-7-8-16(12-26)21-23-17-9-5-6-10-19(17)25(21)3/h5-6,9-10,13,16H,4,7-8,11-12,14H2,1-3H3,(H,22,28)/t16-/m0/s1. The second-order valence-corrected chi connectivity index (χ2v) is 7.62. The smallest absolute Gasteiger partial charge is 0.238 e. The van der Waals surface area contributed by atoms with Crippen LogP contribution in [0.4, 0.5) is 5.69 Å². The lowest BCUT2D eigenvalue weighted by molar-refractivity contribution is -0.117. The summed E-state index contributed by atoms with van der Waals surface area (Å²) in [5, 5.41) is 7.40. The number of nitrogens with one attached hydrogen (secondary N) is 1. The zero-order chi connectivity index (χ0) is 19.7. The van der Waals surface area contributed by atoms with Crippen LogP contribution in [0.2, 0.25) is 0 Å². The van der Waals surface area contributed by atoms with Crippen LogP contribution in [-0.4, -0.2) is 49.8 Å². The van der Waals surface area contributed by atoms with E-state index < -0.39 is 0 Å². The predicted molar refractivity (Wildman–Crippen MR) is 110 cm³/mol. The van der Waals surface area contributed by atoms with E-state index >= 15 is 0 Å². The van der Waals surface area contributed by atoms with E-state index in [9.17, 15) is 4.79 Å². The van der Waals surface area contributed by atoms with Crippen LogP contribution < -0.4 is 5.32 Å². The third-order valence-corrected chi connectivity index (χ3v) is 5.60. The maximum absolute atomic E-state index is 12.6. The molecule has 0 aliphatic carbocycles. The van der Waals surface area contributed by atoms with Gasteiger partial charge in [-0.05, 0) is 45.4 Å². The lowest BCUT2D eigenvalue weighted by atomic mass is 9.97. The molecule has 0 radical (unpaired) electrons. The third kappa shape index (κ3) is 3.67.